The van der Waals surface area contributed by atoms with Gasteiger partial charge in [-0.2, -0.15) is 0 Å². The van der Waals surface area contributed by atoms with E-state index in [0.717, 1.165) is 10.5 Å². The van der Waals surface area contributed by atoms with Gasteiger partial charge in [-0.05, 0) is 39.3 Å². The first-order valence-electron chi connectivity index (χ1n) is 6.28. The fourth-order valence-electron chi connectivity index (χ4n) is 1.47. The molecule has 0 bridgehead atoms. The highest BCUT2D eigenvalue weighted by Crippen LogP contribution is 2.26. The van der Waals surface area contributed by atoms with Crippen LogP contribution in [0, 0.1) is 12.3 Å². The second-order valence-corrected chi connectivity index (χ2v) is 5.84. The zero-order chi connectivity index (χ0) is 14.5. The Labute approximate surface area is 118 Å². The van der Waals surface area contributed by atoms with Crippen molar-refractivity contribution >= 4 is 23.5 Å². The third-order valence-electron chi connectivity index (χ3n) is 2.94. The first kappa shape index (κ1) is 15.8. The van der Waals surface area contributed by atoms with Gasteiger partial charge in [0.1, 0.15) is 5.41 Å². The van der Waals surface area contributed by atoms with E-state index in [1.807, 2.05) is 31.2 Å². The Morgan fingerprint density at radius 2 is 1.89 bits per heavy atom. The molecule has 0 aliphatic carbocycles. The lowest BCUT2D eigenvalue weighted by Crippen LogP contribution is -2.36. The average Bonchev–Trinajstić information content (AvgIpc) is 2.37. The van der Waals surface area contributed by atoms with E-state index < -0.39 is 11.4 Å². The molecule has 4 heteroatoms. The Balaban J connectivity index is 2.65. The topological polar surface area (TPSA) is 43.4 Å². The zero-order valence-electron chi connectivity index (χ0n) is 11.9. The van der Waals surface area contributed by atoms with Crippen LogP contribution < -0.4 is 0 Å². The van der Waals surface area contributed by atoms with Crippen molar-refractivity contribution < 1.29 is 14.3 Å². The minimum absolute atomic E-state index is 0.112. The minimum Gasteiger partial charge on any atom is -0.465 e. The molecule has 0 unspecified atom stereocenters. The van der Waals surface area contributed by atoms with Crippen molar-refractivity contribution in [3.05, 3.63) is 29.8 Å². The Hall–Kier alpha value is -1.29. The van der Waals surface area contributed by atoms with Gasteiger partial charge < -0.3 is 4.74 Å². The number of carbonyl (C=O) groups excluding carboxylic acids is 2. The number of aryl methyl sites for hydroxylation is 1. The Morgan fingerprint density at radius 1 is 1.26 bits per heavy atom. The highest BCUT2D eigenvalue weighted by atomic mass is 32.2. The van der Waals surface area contributed by atoms with E-state index in [9.17, 15) is 9.59 Å². The van der Waals surface area contributed by atoms with Crippen LogP contribution in [-0.2, 0) is 14.3 Å². The zero-order valence-corrected chi connectivity index (χ0v) is 12.7. The molecule has 0 saturated carbocycles. The molecular formula is C15H20O3S. The van der Waals surface area contributed by atoms with Gasteiger partial charge in [0.25, 0.3) is 0 Å². The van der Waals surface area contributed by atoms with Crippen molar-refractivity contribution in [1.29, 1.82) is 0 Å². The molecular weight excluding hydrogens is 260 g/mol. The monoisotopic (exact) mass is 280 g/mol. The summed E-state index contributed by atoms with van der Waals surface area (Å²) in [5.41, 5.74) is 0.0559. The molecule has 0 spiro atoms. The first-order chi connectivity index (χ1) is 8.89. The van der Waals surface area contributed by atoms with Gasteiger partial charge >= 0.3 is 5.97 Å². The molecule has 3 nitrogen and oxygen atoms in total. The third-order valence-corrected chi connectivity index (χ3v) is 4.11. The molecule has 0 fully saturated rings. The van der Waals surface area contributed by atoms with Gasteiger partial charge in [-0.1, -0.05) is 18.2 Å². The highest BCUT2D eigenvalue weighted by Gasteiger charge is 2.36. The predicted octanol–water partition coefficient (Wildman–Crippen LogP) is 3.25. The molecule has 0 atom stereocenters. The van der Waals surface area contributed by atoms with Crippen molar-refractivity contribution in [3.8, 4) is 0 Å². The molecule has 19 heavy (non-hydrogen) atoms. The fraction of sp³-hybridized carbons (Fsp3) is 0.467. The van der Waals surface area contributed by atoms with E-state index in [2.05, 4.69) is 0 Å². The van der Waals surface area contributed by atoms with E-state index >= 15 is 0 Å². The Morgan fingerprint density at radius 3 is 2.47 bits per heavy atom. The number of ether oxygens (including phenoxy) is 1. The van der Waals surface area contributed by atoms with Gasteiger partial charge in [0.2, 0.25) is 0 Å². The van der Waals surface area contributed by atoms with E-state index in [0.29, 0.717) is 6.61 Å². The van der Waals surface area contributed by atoms with Crippen LogP contribution in [-0.4, -0.2) is 24.1 Å². The molecule has 0 N–H and O–H groups in total. The number of esters is 1. The molecule has 0 aliphatic heterocycles. The summed E-state index contributed by atoms with van der Waals surface area (Å²) in [6, 6.07) is 7.88. The molecule has 0 radical (unpaired) electrons. The molecule has 0 aromatic heterocycles. The Bertz CT molecular complexity index is 466. The average molecular weight is 280 g/mol. The van der Waals surface area contributed by atoms with Crippen molar-refractivity contribution in [3.63, 3.8) is 0 Å². The summed E-state index contributed by atoms with van der Waals surface area (Å²) in [7, 11) is 0. The summed E-state index contributed by atoms with van der Waals surface area (Å²) >= 11 is 1.46. The molecule has 0 aliphatic rings. The largest absolute Gasteiger partial charge is 0.465 e. The summed E-state index contributed by atoms with van der Waals surface area (Å²) in [4.78, 5) is 24.9. The molecule has 1 rings (SSSR count). The number of carbonyl (C=O) groups is 2. The van der Waals surface area contributed by atoms with Gasteiger partial charge in [-0.25, -0.2) is 0 Å². The predicted molar refractivity (Wildman–Crippen MR) is 77.3 cm³/mol. The number of benzene rings is 1. The summed E-state index contributed by atoms with van der Waals surface area (Å²) in [6.07, 6.45) is 0. The standard InChI is InChI=1S/C15H20O3S/c1-5-18-14(17)15(3,4)13(16)10-19-12-9-7-6-8-11(12)2/h6-9H,5,10H2,1-4H3. The van der Waals surface area contributed by atoms with Crippen molar-refractivity contribution in [2.45, 2.75) is 32.6 Å². The lowest BCUT2D eigenvalue weighted by molar-refractivity contribution is -0.157. The van der Waals surface area contributed by atoms with E-state index in [4.69, 9.17) is 4.74 Å². The van der Waals surface area contributed by atoms with Crippen molar-refractivity contribution in [2.24, 2.45) is 5.41 Å². The molecule has 0 saturated heterocycles. The van der Waals surface area contributed by atoms with E-state index in [-0.39, 0.29) is 11.5 Å². The van der Waals surface area contributed by atoms with Gasteiger partial charge in [0, 0.05) is 4.90 Å². The first-order valence-corrected chi connectivity index (χ1v) is 7.27. The van der Waals surface area contributed by atoms with Gasteiger partial charge in [-0.15, -0.1) is 11.8 Å². The fourth-order valence-corrected chi connectivity index (χ4v) is 2.59. The summed E-state index contributed by atoms with van der Waals surface area (Å²) < 4.78 is 4.93. The van der Waals surface area contributed by atoms with Crippen LogP contribution in [0.3, 0.4) is 0 Å². The lowest BCUT2D eigenvalue weighted by atomic mass is 9.89. The second kappa shape index (κ2) is 6.75. The van der Waals surface area contributed by atoms with Crippen LogP contribution >= 0.6 is 11.8 Å². The summed E-state index contributed by atoms with van der Waals surface area (Å²) in [6.45, 7) is 7.27. The normalized spacial score (nSPS) is 11.2. The van der Waals surface area contributed by atoms with Crippen LogP contribution in [0.4, 0.5) is 0 Å². The molecule has 1 aromatic rings. The van der Waals surface area contributed by atoms with Gasteiger partial charge in [0.05, 0.1) is 12.4 Å². The van der Waals surface area contributed by atoms with Crippen LogP contribution in [0.15, 0.2) is 29.2 Å². The summed E-state index contributed by atoms with van der Waals surface area (Å²) in [5.74, 6) is -0.291. The van der Waals surface area contributed by atoms with Crippen LogP contribution in [0.5, 0.6) is 0 Å². The van der Waals surface area contributed by atoms with Gasteiger partial charge in [0.15, 0.2) is 5.78 Å². The SMILES string of the molecule is CCOC(=O)C(C)(C)C(=O)CSc1ccccc1C. The van der Waals surface area contributed by atoms with Crippen LogP contribution in [0.1, 0.15) is 26.3 Å². The number of ketones is 1. The minimum atomic E-state index is -1.08. The van der Waals surface area contributed by atoms with Crippen LogP contribution in [0.2, 0.25) is 0 Å². The van der Waals surface area contributed by atoms with E-state index in [1.165, 1.54) is 11.8 Å². The van der Waals surface area contributed by atoms with Crippen LogP contribution in [0.25, 0.3) is 0 Å². The number of hydrogen-bond donors (Lipinski definition) is 0. The molecule has 0 amide bonds. The van der Waals surface area contributed by atoms with E-state index in [1.54, 1.807) is 20.8 Å². The van der Waals surface area contributed by atoms with Gasteiger partial charge in [-0.3, -0.25) is 9.59 Å². The van der Waals surface area contributed by atoms with Crippen molar-refractivity contribution in [1.82, 2.24) is 0 Å². The maximum Gasteiger partial charge on any atom is 0.319 e. The molecule has 1 aromatic carbocycles. The second-order valence-electron chi connectivity index (χ2n) is 4.82. The Kier molecular flexibility index (Phi) is 5.60. The van der Waals surface area contributed by atoms with Crippen molar-refractivity contribution in [2.75, 3.05) is 12.4 Å². The quantitative estimate of drug-likeness (QED) is 0.456. The molecule has 104 valence electrons. The number of Topliss-reactive ketones (excluding diaryl/α,β-unsaturated/α-hetero) is 1. The third kappa shape index (κ3) is 4.10. The maximum absolute atomic E-state index is 12.1. The number of rotatable bonds is 6. The number of hydrogen-bond acceptors (Lipinski definition) is 4. The summed E-state index contributed by atoms with van der Waals surface area (Å²) in [5, 5.41) is 0. The number of thioether (sulfide) groups is 1. The molecule has 0 heterocycles. The lowest BCUT2D eigenvalue weighted by Gasteiger charge is -2.20. The smallest absolute Gasteiger partial charge is 0.319 e. The highest BCUT2D eigenvalue weighted by molar-refractivity contribution is 8.00. The maximum atomic E-state index is 12.1.